The second-order valence-electron chi connectivity index (χ2n) is 4.38. The van der Waals surface area contributed by atoms with Crippen LogP contribution in [0.15, 0.2) is 48.8 Å². The Kier molecular flexibility index (Phi) is 2.83. The van der Waals surface area contributed by atoms with E-state index in [9.17, 15) is 9.18 Å². The van der Waals surface area contributed by atoms with Crippen molar-refractivity contribution in [1.29, 1.82) is 0 Å². The SMILES string of the molecule is O=C(Cc1cccnc1)c1cc2ccc(F)cc2[nH]1. The molecule has 3 nitrogen and oxygen atoms in total. The summed E-state index contributed by atoms with van der Waals surface area (Å²) in [5, 5.41) is 0.830. The van der Waals surface area contributed by atoms with Gasteiger partial charge in [0.25, 0.3) is 0 Å². The first kappa shape index (κ1) is 11.6. The molecule has 3 rings (SSSR count). The maximum Gasteiger partial charge on any atom is 0.183 e. The van der Waals surface area contributed by atoms with Crippen molar-refractivity contribution in [2.75, 3.05) is 0 Å². The van der Waals surface area contributed by atoms with Crippen LogP contribution >= 0.6 is 0 Å². The molecule has 0 amide bonds. The monoisotopic (exact) mass is 254 g/mol. The number of Topliss-reactive ketones (excluding diaryl/α,β-unsaturated/α-hetero) is 1. The van der Waals surface area contributed by atoms with E-state index in [4.69, 9.17) is 0 Å². The Morgan fingerprint density at radius 2 is 2.16 bits per heavy atom. The summed E-state index contributed by atoms with van der Waals surface area (Å²) >= 11 is 0. The summed E-state index contributed by atoms with van der Waals surface area (Å²) in [6.45, 7) is 0. The minimum atomic E-state index is -0.319. The molecule has 0 aliphatic heterocycles. The zero-order valence-corrected chi connectivity index (χ0v) is 10.1. The van der Waals surface area contributed by atoms with Gasteiger partial charge in [0.2, 0.25) is 0 Å². The Morgan fingerprint density at radius 3 is 2.95 bits per heavy atom. The Labute approximate surface area is 109 Å². The van der Waals surface area contributed by atoms with Crippen molar-refractivity contribution in [3.63, 3.8) is 0 Å². The zero-order valence-electron chi connectivity index (χ0n) is 10.1. The number of rotatable bonds is 3. The van der Waals surface area contributed by atoms with Crippen LogP contribution in [-0.4, -0.2) is 15.8 Å². The van der Waals surface area contributed by atoms with Crippen LogP contribution in [0.4, 0.5) is 4.39 Å². The largest absolute Gasteiger partial charge is 0.352 e. The van der Waals surface area contributed by atoms with E-state index in [0.717, 1.165) is 10.9 Å². The summed E-state index contributed by atoms with van der Waals surface area (Å²) in [4.78, 5) is 19.0. The molecule has 0 bridgehead atoms. The molecular formula is C15H11FN2O. The molecule has 0 saturated carbocycles. The number of aromatic nitrogens is 2. The first-order chi connectivity index (χ1) is 9.22. The lowest BCUT2D eigenvalue weighted by atomic mass is 10.1. The number of hydrogen-bond donors (Lipinski definition) is 1. The van der Waals surface area contributed by atoms with E-state index in [2.05, 4.69) is 9.97 Å². The molecule has 0 fully saturated rings. The number of H-pyrrole nitrogens is 1. The molecule has 19 heavy (non-hydrogen) atoms. The van der Waals surface area contributed by atoms with Gasteiger partial charge in [0.1, 0.15) is 5.82 Å². The third-order valence-corrected chi connectivity index (χ3v) is 2.97. The minimum absolute atomic E-state index is 0.0374. The number of nitrogens with one attached hydrogen (secondary N) is 1. The quantitative estimate of drug-likeness (QED) is 0.730. The lowest BCUT2D eigenvalue weighted by molar-refractivity contribution is 0.0989. The minimum Gasteiger partial charge on any atom is -0.352 e. The topological polar surface area (TPSA) is 45.8 Å². The number of hydrogen-bond acceptors (Lipinski definition) is 2. The number of carbonyl (C=O) groups excluding carboxylic acids is 1. The number of halogens is 1. The smallest absolute Gasteiger partial charge is 0.183 e. The van der Waals surface area contributed by atoms with E-state index < -0.39 is 0 Å². The Balaban J connectivity index is 1.89. The van der Waals surface area contributed by atoms with Gasteiger partial charge in [0.15, 0.2) is 5.78 Å². The highest BCUT2D eigenvalue weighted by molar-refractivity contribution is 6.00. The molecule has 2 heterocycles. The van der Waals surface area contributed by atoms with Crippen molar-refractivity contribution in [3.05, 3.63) is 65.9 Å². The molecule has 0 aliphatic carbocycles. The molecule has 3 aromatic rings. The molecule has 1 aromatic carbocycles. The molecular weight excluding hydrogens is 243 g/mol. The summed E-state index contributed by atoms with van der Waals surface area (Å²) in [7, 11) is 0. The van der Waals surface area contributed by atoms with Gasteiger partial charge in [-0.15, -0.1) is 0 Å². The lowest BCUT2D eigenvalue weighted by Gasteiger charge is -1.97. The van der Waals surface area contributed by atoms with Crippen LogP contribution < -0.4 is 0 Å². The van der Waals surface area contributed by atoms with Crippen molar-refractivity contribution in [3.8, 4) is 0 Å². The number of carbonyl (C=O) groups is 1. The number of pyridine rings is 1. The van der Waals surface area contributed by atoms with Crippen LogP contribution in [0.5, 0.6) is 0 Å². The van der Waals surface area contributed by atoms with Gasteiger partial charge >= 0.3 is 0 Å². The molecule has 0 saturated heterocycles. The van der Waals surface area contributed by atoms with Crippen molar-refractivity contribution in [1.82, 2.24) is 9.97 Å². The number of fused-ring (bicyclic) bond motifs is 1. The van der Waals surface area contributed by atoms with Crippen molar-refractivity contribution >= 4 is 16.7 Å². The number of benzene rings is 1. The lowest BCUT2D eigenvalue weighted by Crippen LogP contribution is -2.03. The van der Waals surface area contributed by atoms with Crippen LogP contribution in [-0.2, 0) is 6.42 Å². The number of aromatic amines is 1. The average Bonchev–Trinajstić information content (AvgIpc) is 2.83. The second kappa shape index (κ2) is 4.65. The predicted octanol–water partition coefficient (Wildman–Crippen LogP) is 3.13. The summed E-state index contributed by atoms with van der Waals surface area (Å²) < 4.78 is 13.1. The van der Waals surface area contributed by atoms with Crippen LogP contribution in [0.3, 0.4) is 0 Å². The van der Waals surface area contributed by atoms with Crippen molar-refractivity contribution < 1.29 is 9.18 Å². The number of nitrogens with zero attached hydrogens (tertiary/aromatic N) is 1. The van der Waals surface area contributed by atoms with Gasteiger partial charge in [-0.05, 0) is 35.9 Å². The van der Waals surface area contributed by atoms with E-state index in [0.29, 0.717) is 11.2 Å². The molecule has 0 atom stereocenters. The standard InChI is InChI=1S/C15H11FN2O/c16-12-4-3-11-7-14(18-13(11)8-12)15(19)6-10-2-1-5-17-9-10/h1-5,7-9,18H,6H2. The normalized spacial score (nSPS) is 10.8. The molecule has 94 valence electrons. The second-order valence-corrected chi connectivity index (χ2v) is 4.38. The van der Waals surface area contributed by atoms with Crippen molar-refractivity contribution in [2.45, 2.75) is 6.42 Å². The summed E-state index contributed by atoms with van der Waals surface area (Å²) in [5.74, 6) is -0.356. The van der Waals surface area contributed by atoms with Crippen LogP contribution in [0.25, 0.3) is 10.9 Å². The third kappa shape index (κ3) is 2.38. The highest BCUT2D eigenvalue weighted by Gasteiger charge is 2.10. The summed E-state index contributed by atoms with van der Waals surface area (Å²) in [6, 6.07) is 9.81. The van der Waals surface area contributed by atoms with E-state index in [1.54, 1.807) is 30.6 Å². The van der Waals surface area contributed by atoms with E-state index >= 15 is 0 Å². The van der Waals surface area contributed by atoms with Crippen LogP contribution in [0.1, 0.15) is 16.1 Å². The predicted molar refractivity (Wildman–Crippen MR) is 70.5 cm³/mol. The molecule has 0 aliphatic rings. The van der Waals surface area contributed by atoms with Crippen LogP contribution in [0.2, 0.25) is 0 Å². The van der Waals surface area contributed by atoms with Gasteiger partial charge in [-0.3, -0.25) is 9.78 Å². The van der Waals surface area contributed by atoms with Crippen molar-refractivity contribution in [2.24, 2.45) is 0 Å². The molecule has 1 N–H and O–H groups in total. The van der Waals surface area contributed by atoms with E-state index in [1.165, 1.54) is 12.1 Å². The van der Waals surface area contributed by atoms with Gasteiger partial charge in [-0.25, -0.2) is 4.39 Å². The fourth-order valence-corrected chi connectivity index (χ4v) is 2.03. The first-order valence-corrected chi connectivity index (χ1v) is 5.93. The molecule has 0 unspecified atom stereocenters. The fraction of sp³-hybridized carbons (Fsp3) is 0.0667. The molecule has 2 aromatic heterocycles. The third-order valence-electron chi connectivity index (χ3n) is 2.97. The molecule has 0 spiro atoms. The van der Waals surface area contributed by atoms with Gasteiger partial charge in [-0.1, -0.05) is 6.07 Å². The fourth-order valence-electron chi connectivity index (χ4n) is 2.03. The zero-order chi connectivity index (χ0) is 13.2. The van der Waals surface area contributed by atoms with Gasteiger partial charge < -0.3 is 4.98 Å². The van der Waals surface area contributed by atoms with E-state index in [-0.39, 0.29) is 18.0 Å². The van der Waals surface area contributed by atoms with Gasteiger partial charge in [0, 0.05) is 29.7 Å². The molecule has 0 radical (unpaired) electrons. The number of ketones is 1. The maximum atomic E-state index is 13.1. The van der Waals surface area contributed by atoms with Gasteiger partial charge in [0.05, 0.1) is 5.69 Å². The van der Waals surface area contributed by atoms with Gasteiger partial charge in [-0.2, -0.15) is 0 Å². The summed E-state index contributed by atoms with van der Waals surface area (Å²) in [5.41, 5.74) is 1.98. The Morgan fingerprint density at radius 1 is 1.26 bits per heavy atom. The Bertz CT molecular complexity index is 734. The Hall–Kier alpha value is -2.49. The maximum absolute atomic E-state index is 13.1. The van der Waals surface area contributed by atoms with E-state index in [1.807, 2.05) is 6.07 Å². The molecule has 4 heteroatoms. The average molecular weight is 254 g/mol. The van der Waals surface area contributed by atoms with Crippen LogP contribution in [0, 0.1) is 5.82 Å². The summed E-state index contributed by atoms with van der Waals surface area (Å²) in [6.07, 6.45) is 3.61. The highest BCUT2D eigenvalue weighted by atomic mass is 19.1. The highest BCUT2D eigenvalue weighted by Crippen LogP contribution is 2.17. The first-order valence-electron chi connectivity index (χ1n) is 5.93.